The number of carbonyl (C=O) groups is 1. The molecule has 2 aromatic carbocycles. The Balaban J connectivity index is 1.52. The molecule has 144 valence electrons. The molecule has 27 heavy (non-hydrogen) atoms. The Morgan fingerprint density at radius 1 is 0.889 bits per heavy atom. The minimum atomic E-state index is -0.287. The van der Waals surface area contributed by atoms with Gasteiger partial charge in [0.1, 0.15) is 11.6 Å². The molecule has 2 atom stereocenters. The highest BCUT2D eigenvalue weighted by molar-refractivity contribution is 5.81. The third-order valence-electron chi connectivity index (χ3n) is 5.16. The lowest BCUT2D eigenvalue weighted by atomic mass is 10.1. The Bertz CT molecular complexity index is 756. The molecule has 1 aliphatic heterocycles. The first-order chi connectivity index (χ1) is 12.9. The van der Waals surface area contributed by atoms with Crippen molar-refractivity contribution >= 4 is 11.6 Å². The fraction of sp³-hybridized carbons (Fsp3) is 0.381. The largest absolute Gasteiger partial charge is 0.369 e. The summed E-state index contributed by atoms with van der Waals surface area (Å²) >= 11 is 0. The van der Waals surface area contributed by atoms with E-state index in [0.717, 1.165) is 37.4 Å². The zero-order chi connectivity index (χ0) is 19.4. The van der Waals surface area contributed by atoms with E-state index in [-0.39, 0.29) is 29.6 Å². The molecule has 0 radical (unpaired) electrons. The van der Waals surface area contributed by atoms with Gasteiger partial charge in [0.15, 0.2) is 0 Å². The van der Waals surface area contributed by atoms with Crippen molar-refractivity contribution in [1.29, 1.82) is 0 Å². The molecule has 0 aliphatic carbocycles. The van der Waals surface area contributed by atoms with Crippen molar-refractivity contribution in [2.24, 2.45) is 0 Å². The summed E-state index contributed by atoms with van der Waals surface area (Å²) in [6.07, 6.45) is 0. The SMILES string of the molecule is CC(NC(=O)C(C)N1CCN(c2ccc(F)cc2)CC1)c1ccc(F)cc1. The number of nitrogens with zero attached hydrogens (tertiary/aromatic N) is 2. The van der Waals surface area contributed by atoms with Crippen LogP contribution in [0.15, 0.2) is 48.5 Å². The van der Waals surface area contributed by atoms with Crippen molar-refractivity contribution in [2.75, 3.05) is 31.1 Å². The Labute approximate surface area is 158 Å². The first kappa shape index (κ1) is 19.3. The summed E-state index contributed by atoms with van der Waals surface area (Å²) in [7, 11) is 0. The minimum Gasteiger partial charge on any atom is -0.369 e. The molecule has 1 aliphatic rings. The van der Waals surface area contributed by atoms with Crippen molar-refractivity contribution in [3.8, 4) is 0 Å². The molecule has 2 aromatic rings. The van der Waals surface area contributed by atoms with Gasteiger partial charge in [-0.1, -0.05) is 12.1 Å². The highest BCUT2D eigenvalue weighted by Gasteiger charge is 2.26. The predicted molar refractivity (Wildman–Crippen MR) is 103 cm³/mol. The van der Waals surface area contributed by atoms with Crippen LogP contribution in [0.4, 0.5) is 14.5 Å². The van der Waals surface area contributed by atoms with Crippen LogP contribution in [-0.4, -0.2) is 43.0 Å². The second kappa shape index (κ2) is 8.48. The molecule has 0 bridgehead atoms. The number of amides is 1. The molecule has 6 heteroatoms. The number of benzene rings is 2. The predicted octanol–water partition coefficient (Wildman–Crippen LogP) is 3.35. The molecule has 1 heterocycles. The van der Waals surface area contributed by atoms with Gasteiger partial charge in [-0.25, -0.2) is 8.78 Å². The fourth-order valence-corrected chi connectivity index (χ4v) is 3.35. The molecule has 3 rings (SSSR count). The van der Waals surface area contributed by atoms with Crippen molar-refractivity contribution in [1.82, 2.24) is 10.2 Å². The van der Waals surface area contributed by atoms with E-state index in [2.05, 4.69) is 15.1 Å². The van der Waals surface area contributed by atoms with Gasteiger partial charge in [-0.3, -0.25) is 9.69 Å². The van der Waals surface area contributed by atoms with Gasteiger partial charge in [0.25, 0.3) is 0 Å². The van der Waals surface area contributed by atoms with E-state index in [1.54, 1.807) is 24.3 Å². The molecule has 0 saturated carbocycles. The van der Waals surface area contributed by atoms with E-state index in [1.165, 1.54) is 24.3 Å². The maximum atomic E-state index is 13.1. The molecule has 1 fully saturated rings. The van der Waals surface area contributed by atoms with Crippen molar-refractivity contribution in [3.63, 3.8) is 0 Å². The Morgan fingerprint density at radius 2 is 1.41 bits per heavy atom. The monoisotopic (exact) mass is 373 g/mol. The molecule has 2 unspecified atom stereocenters. The third kappa shape index (κ3) is 4.83. The highest BCUT2D eigenvalue weighted by atomic mass is 19.1. The highest BCUT2D eigenvalue weighted by Crippen LogP contribution is 2.18. The van der Waals surface area contributed by atoms with Crippen LogP contribution in [0.5, 0.6) is 0 Å². The van der Waals surface area contributed by atoms with Gasteiger partial charge < -0.3 is 10.2 Å². The summed E-state index contributed by atoms with van der Waals surface area (Å²) in [5, 5.41) is 3.00. The van der Waals surface area contributed by atoms with Gasteiger partial charge in [0.2, 0.25) is 5.91 Å². The summed E-state index contributed by atoms with van der Waals surface area (Å²) in [5.74, 6) is -0.565. The van der Waals surface area contributed by atoms with Crippen molar-refractivity contribution < 1.29 is 13.6 Å². The summed E-state index contributed by atoms with van der Waals surface area (Å²) < 4.78 is 26.1. The number of hydrogen-bond acceptors (Lipinski definition) is 3. The van der Waals surface area contributed by atoms with E-state index >= 15 is 0 Å². The van der Waals surface area contributed by atoms with Crippen LogP contribution in [0.2, 0.25) is 0 Å². The van der Waals surface area contributed by atoms with Crippen LogP contribution in [0, 0.1) is 11.6 Å². The molecule has 4 nitrogen and oxygen atoms in total. The maximum Gasteiger partial charge on any atom is 0.237 e. The van der Waals surface area contributed by atoms with Crippen LogP contribution in [0.1, 0.15) is 25.5 Å². The van der Waals surface area contributed by atoms with E-state index in [4.69, 9.17) is 0 Å². The normalized spacial score (nSPS) is 17.4. The minimum absolute atomic E-state index is 0.0398. The second-order valence-electron chi connectivity index (χ2n) is 6.96. The number of anilines is 1. The van der Waals surface area contributed by atoms with Crippen LogP contribution in [-0.2, 0) is 4.79 Å². The lowest BCUT2D eigenvalue weighted by Crippen LogP contribution is -2.54. The topological polar surface area (TPSA) is 35.6 Å². The maximum absolute atomic E-state index is 13.1. The van der Waals surface area contributed by atoms with Crippen LogP contribution < -0.4 is 10.2 Å². The third-order valence-corrected chi connectivity index (χ3v) is 5.16. The molecule has 1 amide bonds. The Morgan fingerprint density at radius 3 is 1.96 bits per heavy atom. The van der Waals surface area contributed by atoms with Crippen molar-refractivity contribution in [2.45, 2.75) is 25.9 Å². The molecular formula is C21H25F2N3O. The summed E-state index contributed by atoms with van der Waals surface area (Å²) in [5.41, 5.74) is 1.87. The number of halogens is 2. The van der Waals surface area contributed by atoms with E-state index in [1.807, 2.05) is 13.8 Å². The fourth-order valence-electron chi connectivity index (χ4n) is 3.35. The standard InChI is InChI=1S/C21H25F2N3O/c1-15(17-3-5-18(22)6-4-17)24-21(27)16(2)25-11-13-26(14-12-25)20-9-7-19(23)8-10-20/h3-10,15-16H,11-14H2,1-2H3,(H,24,27). The lowest BCUT2D eigenvalue weighted by Gasteiger charge is -2.38. The molecule has 0 aromatic heterocycles. The second-order valence-corrected chi connectivity index (χ2v) is 6.96. The van der Waals surface area contributed by atoms with Gasteiger partial charge in [0, 0.05) is 31.9 Å². The molecule has 1 saturated heterocycles. The Kier molecular flexibility index (Phi) is 6.06. The molecule has 1 N–H and O–H groups in total. The number of carbonyl (C=O) groups excluding carboxylic acids is 1. The van der Waals surface area contributed by atoms with E-state index in [9.17, 15) is 13.6 Å². The van der Waals surface area contributed by atoms with Gasteiger partial charge >= 0.3 is 0 Å². The number of hydrogen-bond donors (Lipinski definition) is 1. The molecule has 0 spiro atoms. The zero-order valence-electron chi connectivity index (χ0n) is 15.7. The number of piperazine rings is 1. The first-order valence-electron chi connectivity index (χ1n) is 9.24. The van der Waals surface area contributed by atoms with Gasteiger partial charge in [-0.05, 0) is 55.8 Å². The summed E-state index contributed by atoms with van der Waals surface area (Å²) in [6.45, 7) is 6.89. The van der Waals surface area contributed by atoms with E-state index < -0.39 is 0 Å². The average molecular weight is 373 g/mol. The van der Waals surface area contributed by atoms with Crippen LogP contribution in [0.25, 0.3) is 0 Å². The quantitative estimate of drug-likeness (QED) is 0.873. The van der Waals surface area contributed by atoms with E-state index in [0.29, 0.717) is 0 Å². The number of nitrogens with one attached hydrogen (secondary N) is 1. The van der Waals surface area contributed by atoms with Crippen LogP contribution >= 0.6 is 0 Å². The smallest absolute Gasteiger partial charge is 0.237 e. The van der Waals surface area contributed by atoms with Crippen molar-refractivity contribution in [3.05, 3.63) is 65.7 Å². The van der Waals surface area contributed by atoms with Gasteiger partial charge in [-0.2, -0.15) is 0 Å². The van der Waals surface area contributed by atoms with Crippen LogP contribution in [0.3, 0.4) is 0 Å². The molecular weight excluding hydrogens is 348 g/mol. The first-order valence-corrected chi connectivity index (χ1v) is 9.24. The summed E-state index contributed by atoms with van der Waals surface area (Å²) in [6, 6.07) is 12.2. The summed E-state index contributed by atoms with van der Waals surface area (Å²) in [4.78, 5) is 16.9. The average Bonchev–Trinajstić information content (AvgIpc) is 2.68. The van der Waals surface area contributed by atoms with Gasteiger partial charge in [-0.15, -0.1) is 0 Å². The lowest BCUT2D eigenvalue weighted by molar-refractivity contribution is -0.126. The zero-order valence-corrected chi connectivity index (χ0v) is 15.7. The number of rotatable bonds is 5. The van der Waals surface area contributed by atoms with Gasteiger partial charge in [0.05, 0.1) is 12.1 Å². The Hall–Kier alpha value is -2.47.